The Hall–Kier alpha value is -1.55. The Morgan fingerprint density at radius 2 is 2.18 bits per heavy atom. The van der Waals surface area contributed by atoms with Gasteiger partial charge in [-0.3, -0.25) is 5.41 Å². The van der Waals surface area contributed by atoms with Gasteiger partial charge in [-0.05, 0) is 24.6 Å². The van der Waals surface area contributed by atoms with Crippen molar-refractivity contribution in [2.45, 2.75) is 12.8 Å². The first-order valence-electron chi connectivity index (χ1n) is 5.39. The van der Waals surface area contributed by atoms with Crippen LogP contribution in [-0.2, 0) is 10.7 Å². The fourth-order valence-electron chi connectivity index (χ4n) is 1.86. The number of benzene rings is 1. The Kier molecular flexibility index (Phi) is 3.64. The zero-order valence-electron chi connectivity index (χ0n) is 9.64. The molecule has 0 radical (unpaired) electrons. The molecule has 0 aliphatic rings. The Morgan fingerprint density at radius 1 is 1.41 bits per heavy atom. The molecule has 1 N–H and O–H groups in total. The highest BCUT2D eigenvalue weighted by Crippen LogP contribution is 2.17. The monoisotopic (exact) mass is 246 g/mol. The van der Waals surface area contributed by atoms with Gasteiger partial charge in [0.25, 0.3) is 0 Å². The first kappa shape index (κ1) is 11.9. The zero-order chi connectivity index (χ0) is 12.3. The summed E-state index contributed by atoms with van der Waals surface area (Å²) in [7, 11) is 0. The highest BCUT2D eigenvalue weighted by molar-refractivity contribution is 7.98. The predicted molar refractivity (Wildman–Crippen MR) is 71.1 cm³/mol. The van der Waals surface area contributed by atoms with Crippen molar-refractivity contribution in [2.75, 3.05) is 5.75 Å². The molecule has 88 valence electrons. The normalized spacial score (nSPS) is 10.6. The molecule has 0 spiro atoms. The number of aromatic nitrogens is 1. The smallest absolute Gasteiger partial charge is 0.129 e. The number of nitrogens with one attached hydrogen (secondary N) is 1. The lowest BCUT2D eigenvalue weighted by Gasteiger charge is -2.12. The maximum absolute atomic E-state index is 10.3. The molecule has 1 heterocycles. The third-order valence-corrected chi connectivity index (χ3v) is 3.48. The molecule has 0 aliphatic heterocycles. The van der Waals surface area contributed by atoms with E-state index >= 15 is 0 Å². The SMILES string of the molecule is Cc1cc(=N)n(CSCC=O)c2ccccc12. The molecule has 0 amide bonds. The molecule has 0 saturated carbocycles. The lowest BCUT2D eigenvalue weighted by molar-refractivity contribution is -0.105. The maximum Gasteiger partial charge on any atom is 0.129 e. The van der Waals surface area contributed by atoms with E-state index in [9.17, 15) is 4.79 Å². The van der Waals surface area contributed by atoms with Gasteiger partial charge in [-0.1, -0.05) is 18.2 Å². The van der Waals surface area contributed by atoms with Crippen LogP contribution in [0.3, 0.4) is 0 Å². The number of rotatable bonds is 4. The number of aldehydes is 1. The topological polar surface area (TPSA) is 45.9 Å². The number of carbonyl (C=O) groups excluding carboxylic acids is 1. The van der Waals surface area contributed by atoms with Crippen molar-refractivity contribution in [3.63, 3.8) is 0 Å². The fourth-order valence-corrected chi connectivity index (χ4v) is 2.53. The summed E-state index contributed by atoms with van der Waals surface area (Å²) in [6, 6.07) is 9.92. The summed E-state index contributed by atoms with van der Waals surface area (Å²) in [4.78, 5) is 10.3. The Morgan fingerprint density at radius 3 is 2.94 bits per heavy atom. The van der Waals surface area contributed by atoms with Crippen molar-refractivity contribution < 1.29 is 4.79 Å². The summed E-state index contributed by atoms with van der Waals surface area (Å²) in [6.45, 7) is 2.02. The van der Waals surface area contributed by atoms with E-state index < -0.39 is 0 Å². The van der Waals surface area contributed by atoms with Gasteiger partial charge in [0.2, 0.25) is 0 Å². The van der Waals surface area contributed by atoms with E-state index in [1.54, 1.807) is 0 Å². The molecular weight excluding hydrogens is 232 g/mol. The first-order valence-corrected chi connectivity index (χ1v) is 6.54. The van der Waals surface area contributed by atoms with Crippen molar-refractivity contribution in [1.29, 1.82) is 5.41 Å². The Bertz CT molecular complexity index is 604. The number of hydrogen-bond donors (Lipinski definition) is 1. The van der Waals surface area contributed by atoms with E-state index in [1.807, 2.05) is 35.8 Å². The molecule has 0 bridgehead atoms. The van der Waals surface area contributed by atoms with Gasteiger partial charge in [0.05, 0.1) is 17.1 Å². The van der Waals surface area contributed by atoms with Gasteiger partial charge in [0, 0.05) is 5.39 Å². The summed E-state index contributed by atoms with van der Waals surface area (Å²) in [6.07, 6.45) is 0.894. The quantitative estimate of drug-likeness (QED) is 0.664. The van der Waals surface area contributed by atoms with Crippen molar-refractivity contribution in [3.05, 3.63) is 41.4 Å². The van der Waals surface area contributed by atoms with Crippen molar-refractivity contribution >= 4 is 29.0 Å². The Labute approximate surface area is 104 Å². The number of carbonyl (C=O) groups is 1. The van der Waals surface area contributed by atoms with Gasteiger partial charge in [-0.15, -0.1) is 11.8 Å². The number of hydrogen-bond acceptors (Lipinski definition) is 3. The van der Waals surface area contributed by atoms with Crippen LogP contribution >= 0.6 is 11.8 Å². The number of nitrogens with zero attached hydrogens (tertiary/aromatic N) is 1. The molecule has 2 aromatic rings. The lowest BCUT2D eigenvalue weighted by atomic mass is 10.1. The second kappa shape index (κ2) is 5.19. The molecule has 0 saturated heterocycles. The van der Waals surface area contributed by atoms with Crippen LogP contribution in [0.15, 0.2) is 30.3 Å². The number of para-hydroxylation sites is 1. The summed E-state index contributed by atoms with van der Waals surface area (Å²) in [5.41, 5.74) is 2.65. The summed E-state index contributed by atoms with van der Waals surface area (Å²) in [5, 5.41) is 9.15. The highest BCUT2D eigenvalue weighted by Gasteiger charge is 2.03. The minimum absolute atomic E-state index is 0.467. The average molecular weight is 246 g/mol. The summed E-state index contributed by atoms with van der Waals surface area (Å²) >= 11 is 1.52. The third kappa shape index (κ3) is 2.42. The molecule has 3 nitrogen and oxygen atoms in total. The van der Waals surface area contributed by atoms with Crippen molar-refractivity contribution in [3.8, 4) is 0 Å². The number of aryl methyl sites for hydroxylation is 1. The summed E-state index contributed by atoms with van der Waals surface area (Å²) < 4.78 is 1.93. The molecule has 0 unspecified atom stereocenters. The second-order valence-corrected chi connectivity index (χ2v) is 4.82. The molecule has 4 heteroatoms. The van der Waals surface area contributed by atoms with Crippen molar-refractivity contribution in [2.24, 2.45) is 0 Å². The van der Waals surface area contributed by atoms with E-state index in [4.69, 9.17) is 5.41 Å². The zero-order valence-corrected chi connectivity index (χ0v) is 10.5. The minimum Gasteiger partial charge on any atom is -0.316 e. The average Bonchev–Trinajstić information content (AvgIpc) is 2.33. The van der Waals surface area contributed by atoms with Gasteiger partial charge in [0.15, 0.2) is 0 Å². The molecule has 2 rings (SSSR count). The molecule has 17 heavy (non-hydrogen) atoms. The van der Waals surface area contributed by atoms with Crippen LogP contribution in [0.1, 0.15) is 5.56 Å². The first-order chi connectivity index (χ1) is 8.24. The minimum atomic E-state index is 0.467. The van der Waals surface area contributed by atoms with Crippen LogP contribution in [-0.4, -0.2) is 16.6 Å². The van der Waals surface area contributed by atoms with Crippen LogP contribution in [0.5, 0.6) is 0 Å². The van der Waals surface area contributed by atoms with Crippen LogP contribution in [0, 0.1) is 12.3 Å². The Balaban J connectivity index is 2.53. The highest BCUT2D eigenvalue weighted by atomic mass is 32.2. The van der Waals surface area contributed by atoms with Gasteiger partial charge in [0.1, 0.15) is 11.8 Å². The van der Waals surface area contributed by atoms with Gasteiger partial charge < -0.3 is 9.36 Å². The third-order valence-electron chi connectivity index (χ3n) is 2.67. The van der Waals surface area contributed by atoms with E-state index in [0.29, 0.717) is 17.1 Å². The molecular formula is C13H14N2OS. The van der Waals surface area contributed by atoms with E-state index in [2.05, 4.69) is 6.07 Å². The standard InChI is InChI=1S/C13H14N2OS/c1-10-8-13(14)15(9-17-7-6-16)12-5-3-2-4-11(10)12/h2-6,8,14H,7,9H2,1H3. The molecule has 1 aromatic carbocycles. The molecule has 1 aromatic heterocycles. The summed E-state index contributed by atoms with van der Waals surface area (Å²) in [5.74, 6) is 1.10. The largest absolute Gasteiger partial charge is 0.316 e. The fraction of sp³-hybridized carbons (Fsp3) is 0.231. The molecule has 0 fully saturated rings. The van der Waals surface area contributed by atoms with E-state index in [1.165, 1.54) is 11.8 Å². The molecule has 0 atom stereocenters. The van der Waals surface area contributed by atoms with Crippen LogP contribution in [0.2, 0.25) is 0 Å². The number of thioether (sulfide) groups is 1. The second-order valence-electron chi connectivity index (χ2n) is 3.82. The lowest BCUT2D eigenvalue weighted by Crippen LogP contribution is -2.19. The van der Waals surface area contributed by atoms with Crippen LogP contribution in [0.4, 0.5) is 0 Å². The van der Waals surface area contributed by atoms with Gasteiger partial charge >= 0.3 is 0 Å². The number of fused-ring (bicyclic) bond motifs is 1. The number of pyridine rings is 1. The van der Waals surface area contributed by atoms with Crippen LogP contribution < -0.4 is 5.49 Å². The van der Waals surface area contributed by atoms with E-state index in [-0.39, 0.29) is 0 Å². The van der Waals surface area contributed by atoms with Crippen LogP contribution in [0.25, 0.3) is 10.9 Å². The van der Waals surface area contributed by atoms with E-state index in [0.717, 1.165) is 22.8 Å². The van der Waals surface area contributed by atoms with Gasteiger partial charge in [-0.2, -0.15) is 0 Å². The predicted octanol–water partition coefficient (Wildman–Crippen LogP) is 2.32. The maximum atomic E-state index is 10.3. The molecule has 0 aliphatic carbocycles. The van der Waals surface area contributed by atoms with Gasteiger partial charge in [-0.25, -0.2) is 0 Å². The van der Waals surface area contributed by atoms with Crippen molar-refractivity contribution in [1.82, 2.24) is 4.57 Å².